The fraction of sp³-hybridized carbons (Fsp3) is 0.200. The molecule has 0 fully saturated rings. The van der Waals surface area contributed by atoms with Crippen LogP contribution in [0.25, 0.3) is 11.3 Å². The number of sulfonamides is 1. The predicted octanol–water partition coefficient (Wildman–Crippen LogP) is 4.28. The number of thiazole rings is 1. The number of benzene rings is 2. The van der Waals surface area contributed by atoms with Crippen LogP contribution in [0.5, 0.6) is 0 Å². The average molecular weight is 434 g/mol. The Balaban J connectivity index is 1.70. The monoisotopic (exact) mass is 433 g/mol. The Kier molecular flexibility index (Phi) is 6.41. The van der Waals surface area contributed by atoms with Gasteiger partial charge in [0.2, 0.25) is 10.0 Å². The van der Waals surface area contributed by atoms with Crippen molar-refractivity contribution in [2.24, 2.45) is 0 Å². The van der Waals surface area contributed by atoms with Crippen molar-refractivity contribution < 1.29 is 17.6 Å². The quantitative estimate of drug-likeness (QED) is 0.582. The number of hydrogen-bond donors (Lipinski definition) is 2. The molecule has 6 nitrogen and oxygen atoms in total. The Hall–Kier alpha value is -2.62. The van der Waals surface area contributed by atoms with E-state index in [1.165, 1.54) is 47.7 Å². The minimum absolute atomic E-state index is 0.0944. The number of nitrogens with one attached hydrogen (secondary N) is 2. The van der Waals surface area contributed by atoms with Gasteiger partial charge in [0.25, 0.3) is 5.91 Å². The first-order valence-corrected chi connectivity index (χ1v) is 11.3. The number of carbonyl (C=O) groups excluding carboxylic acids is 1. The van der Waals surface area contributed by atoms with Gasteiger partial charge >= 0.3 is 0 Å². The summed E-state index contributed by atoms with van der Waals surface area (Å²) in [5.41, 5.74) is 1.47. The standard InChI is InChI=1S/C20H20FN3O3S2/c1-3-13(2)24-29(26,27)17-9-7-14(8-10-17)19(25)23-20-22-18(12-28-20)15-5-4-6-16(21)11-15/h4-13,24H,3H2,1-2H3,(H,22,23,25). The van der Waals surface area contributed by atoms with Crippen molar-refractivity contribution in [1.82, 2.24) is 9.71 Å². The van der Waals surface area contributed by atoms with Gasteiger partial charge in [0.15, 0.2) is 5.13 Å². The van der Waals surface area contributed by atoms with Gasteiger partial charge in [-0.2, -0.15) is 0 Å². The Morgan fingerprint density at radius 1 is 1.21 bits per heavy atom. The summed E-state index contributed by atoms with van der Waals surface area (Å²) in [7, 11) is -3.63. The highest BCUT2D eigenvalue weighted by Gasteiger charge is 2.17. The van der Waals surface area contributed by atoms with Crippen LogP contribution in [0.15, 0.2) is 58.8 Å². The van der Waals surface area contributed by atoms with E-state index in [1.807, 2.05) is 6.92 Å². The van der Waals surface area contributed by atoms with Crippen LogP contribution in [-0.2, 0) is 10.0 Å². The molecule has 0 bridgehead atoms. The molecule has 0 saturated carbocycles. The van der Waals surface area contributed by atoms with E-state index in [2.05, 4.69) is 15.0 Å². The molecule has 2 aromatic carbocycles. The Labute approximate surface area is 172 Å². The third-order valence-corrected chi connectivity index (χ3v) is 6.60. The molecule has 1 unspecified atom stereocenters. The molecule has 3 rings (SSSR count). The van der Waals surface area contributed by atoms with Gasteiger partial charge in [-0.15, -0.1) is 11.3 Å². The van der Waals surface area contributed by atoms with Crippen molar-refractivity contribution in [2.75, 3.05) is 5.32 Å². The molecule has 0 aliphatic rings. The molecule has 3 aromatic rings. The maximum atomic E-state index is 13.4. The number of halogens is 1. The van der Waals surface area contributed by atoms with Crippen LogP contribution < -0.4 is 10.0 Å². The summed E-state index contributed by atoms with van der Waals surface area (Å²) < 4.78 is 40.5. The highest BCUT2D eigenvalue weighted by Crippen LogP contribution is 2.25. The lowest BCUT2D eigenvalue weighted by Gasteiger charge is -2.12. The average Bonchev–Trinajstić information content (AvgIpc) is 3.16. The van der Waals surface area contributed by atoms with Crippen molar-refractivity contribution in [3.05, 3.63) is 65.3 Å². The summed E-state index contributed by atoms with van der Waals surface area (Å²) in [6, 6.07) is 11.5. The van der Waals surface area contributed by atoms with E-state index in [4.69, 9.17) is 0 Å². The van der Waals surface area contributed by atoms with Gasteiger partial charge < -0.3 is 0 Å². The minimum Gasteiger partial charge on any atom is -0.298 e. The molecule has 0 spiro atoms. The van der Waals surface area contributed by atoms with Crippen LogP contribution in [0.4, 0.5) is 9.52 Å². The second-order valence-corrected chi connectivity index (χ2v) is 9.03. The number of anilines is 1. The number of amides is 1. The van der Waals surface area contributed by atoms with E-state index < -0.39 is 15.9 Å². The maximum Gasteiger partial charge on any atom is 0.257 e. The van der Waals surface area contributed by atoms with Gasteiger partial charge in [-0.1, -0.05) is 19.1 Å². The molecule has 0 saturated heterocycles. The minimum atomic E-state index is -3.63. The van der Waals surface area contributed by atoms with Crippen molar-refractivity contribution in [2.45, 2.75) is 31.2 Å². The molecular formula is C20H20FN3O3S2. The number of hydrogen-bond acceptors (Lipinski definition) is 5. The van der Waals surface area contributed by atoms with Gasteiger partial charge in [-0.25, -0.2) is 22.5 Å². The normalized spacial score (nSPS) is 12.5. The highest BCUT2D eigenvalue weighted by molar-refractivity contribution is 7.89. The zero-order valence-electron chi connectivity index (χ0n) is 15.8. The zero-order valence-corrected chi connectivity index (χ0v) is 17.5. The smallest absolute Gasteiger partial charge is 0.257 e. The molecule has 29 heavy (non-hydrogen) atoms. The van der Waals surface area contributed by atoms with Crippen LogP contribution >= 0.6 is 11.3 Å². The Morgan fingerprint density at radius 2 is 1.93 bits per heavy atom. The largest absolute Gasteiger partial charge is 0.298 e. The second-order valence-electron chi connectivity index (χ2n) is 6.46. The third kappa shape index (κ3) is 5.26. The number of aromatic nitrogens is 1. The summed E-state index contributed by atoms with van der Waals surface area (Å²) >= 11 is 1.22. The zero-order chi connectivity index (χ0) is 21.0. The second kappa shape index (κ2) is 8.81. The summed E-state index contributed by atoms with van der Waals surface area (Å²) in [4.78, 5) is 16.8. The SMILES string of the molecule is CCC(C)NS(=O)(=O)c1ccc(C(=O)Nc2nc(-c3cccc(F)c3)cs2)cc1. The van der Waals surface area contributed by atoms with Gasteiger partial charge in [0, 0.05) is 22.5 Å². The Morgan fingerprint density at radius 3 is 2.59 bits per heavy atom. The molecule has 0 aliphatic heterocycles. The maximum absolute atomic E-state index is 13.4. The van der Waals surface area contributed by atoms with E-state index in [0.717, 1.165) is 0 Å². The van der Waals surface area contributed by atoms with Crippen molar-refractivity contribution in [3.63, 3.8) is 0 Å². The first-order valence-electron chi connectivity index (χ1n) is 8.93. The highest BCUT2D eigenvalue weighted by atomic mass is 32.2. The number of carbonyl (C=O) groups is 1. The Bertz CT molecular complexity index is 1110. The van der Waals surface area contributed by atoms with Crippen LogP contribution in [0.1, 0.15) is 30.6 Å². The molecule has 0 radical (unpaired) electrons. The molecule has 152 valence electrons. The van der Waals surface area contributed by atoms with Crippen LogP contribution in [-0.4, -0.2) is 25.4 Å². The molecule has 0 aliphatic carbocycles. The predicted molar refractivity (Wildman–Crippen MR) is 112 cm³/mol. The van der Waals surface area contributed by atoms with Gasteiger partial charge in [0.1, 0.15) is 5.82 Å². The fourth-order valence-electron chi connectivity index (χ4n) is 2.48. The van der Waals surface area contributed by atoms with Gasteiger partial charge in [-0.05, 0) is 49.7 Å². The van der Waals surface area contributed by atoms with E-state index in [9.17, 15) is 17.6 Å². The van der Waals surface area contributed by atoms with E-state index in [-0.39, 0.29) is 16.8 Å². The molecule has 1 heterocycles. The lowest BCUT2D eigenvalue weighted by atomic mass is 10.2. The van der Waals surface area contributed by atoms with Crippen LogP contribution in [0.2, 0.25) is 0 Å². The van der Waals surface area contributed by atoms with Crippen molar-refractivity contribution in [3.8, 4) is 11.3 Å². The van der Waals surface area contributed by atoms with Gasteiger partial charge in [0.05, 0.1) is 10.6 Å². The van der Waals surface area contributed by atoms with Gasteiger partial charge in [-0.3, -0.25) is 10.1 Å². The molecule has 1 atom stereocenters. The summed E-state index contributed by atoms with van der Waals surface area (Å²) in [6.45, 7) is 3.67. The summed E-state index contributed by atoms with van der Waals surface area (Å²) in [5.74, 6) is -0.775. The summed E-state index contributed by atoms with van der Waals surface area (Å²) in [5, 5.41) is 4.76. The number of rotatable bonds is 7. The van der Waals surface area contributed by atoms with Crippen LogP contribution in [0.3, 0.4) is 0 Å². The lowest BCUT2D eigenvalue weighted by molar-refractivity contribution is 0.102. The van der Waals surface area contributed by atoms with Crippen LogP contribution in [0, 0.1) is 5.82 Å². The first kappa shape index (κ1) is 21.1. The topological polar surface area (TPSA) is 88.2 Å². The van der Waals surface area contributed by atoms with Crippen molar-refractivity contribution >= 4 is 32.4 Å². The van der Waals surface area contributed by atoms with E-state index >= 15 is 0 Å². The van der Waals surface area contributed by atoms with E-state index in [1.54, 1.807) is 24.4 Å². The molecule has 9 heteroatoms. The first-order chi connectivity index (χ1) is 13.8. The van der Waals surface area contributed by atoms with E-state index in [0.29, 0.717) is 28.4 Å². The summed E-state index contributed by atoms with van der Waals surface area (Å²) in [6.07, 6.45) is 0.672. The molecule has 1 aromatic heterocycles. The number of nitrogens with zero attached hydrogens (tertiary/aromatic N) is 1. The third-order valence-electron chi connectivity index (χ3n) is 4.24. The fourth-order valence-corrected chi connectivity index (χ4v) is 4.52. The molecule has 2 N–H and O–H groups in total. The molecule has 1 amide bonds. The lowest BCUT2D eigenvalue weighted by Crippen LogP contribution is -2.32. The molecular weight excluding hydrogens is 413 g/mol. The van der Waals surface area contributed by atoms with Crippen molar-refractivity contribution in [1.29, 1.82) is 0 Å².